The summed E-state index contributed by atoms with van der Waals surface area (Å²) in [5.41, 5.74) is 2.31. The van der Waals surface area contributed by atoms with Gasteiger partial charge in [-0.05, 0) is 65.2 Å². The number of hydrogen-bond donors (Lipinski definition) is 1. The third-order valence-corrected chi connectivity index (χ3v) is 5.57. The van der Waals surface area contributed by atoms with E-state index in [1.54, 1.807) is 36.4 Å². The van der Waals surface area contributed by atoms with Gasteiger partial charge < -0.3 is 0 Å². The zero-order valence-electron chi connectivity index (χ0n) is 10.9. The van der Waals surface area contributed by atoms with Gasteiger partial charge in [-0.2, -0.15) is 0 Å². The molecular formula is C14H13BrClNO2S. The van der Waals surface area contributed by atoms with Crippen LogP contribution in [0.25, 0.3) is 0 Å². The van der Waals surface area contributed by atoms with Gasteiger partial charge in [0.2, 0.25) is 0 Å². The SMILES string of the molecule is Cc1ccc(S(=O)(=O)Nc2ccc(C)c(Cl)c2)c(Br)c1. The summed E-state index contributed by atoms with van der Waals surface area (Å²) in [6.07, 6.45) is 0. The number of aryl methyl sites for hydroxylation is 2. The highest BCUT2D eigenvalue weighted by Crippen LogP contribution is 2.27. The molecule has 0 spiro atoms. The summed E-state index contributed by atoms with van der Waals surface area (Å²) in [7, 11) is -3.65. The molecule has 0 saturated heterocycles. The number of benzene rings is 2. The molecule has 0 heterocycles. The Labute approximate surface area is 132 Å². The Morgan fingerprint density at radius 1 is 1.10 bits per heavy atom. The zero-order valence-corrected chi connectivity index (χ0v) is 14.1. The van der Waals surface area contributed by atoms with E-state index in [0.717, 1.165) is 11.1 Å². The Kier molecular flexibility index (Phi) is 4.42. The molecule has 1 N–H and O–H groups in total. The molecule has 0 aromatic heterocycles. The first-order valence-corrected chi connectivity index (χ1v) is 8.50. The maximum absolute atomic E-state index is 12.3. The van der Waals surface area contributed by atoms with Crippen LogP contribution in [0.15, 0.2) is 45.8 Å². The van der Waals surface area contributed by atoms with E-state index in [4.69, 9.17) is 11.6 Å². The van der Waals surface area contributed by atoms with E-state index < -0.39 is 10.0 Å². The zero-order chi connectivity index (χ0) is 14.9. The third kappa shape index (κ3) is 3.34. The molecule has 0 atom stereocenters. The van der Waals surface area contributed by atoms with Crippen LogP contribution in [0.4, 0.5) is 5.69 Å². The molecule has 0 radical (unpaired) electrons. The Hall–Kier alpha value is -1.04. The van der Waals surface area contributed by atoms with Crippen LogP contribution in [0.3, 0.4) is 0 Å². The van der Waals surface area contributed by atoms with E-state index in [1.165, 1.54) is 0 Å². The van der Waals surface area contributed by atoms with Crippen LogP contribution >= 0.6 is 27.5 Å². The van der Waals surface area contributed by atoms with E-state index in [-0.39, 0.29) is 4.90 Å². The van der Waals surface area contributed by atoms with Crippen molar-refractivity contribution in [3.8, 4) is 0 Å². The molecule has 20 heavy (non-hydrogen) atoms. The van der Waals surface area contributed by atoms with Crippen LogP contribution < -0.4 is 4.72 Å². The molecule has 0 amide bonds. The number of sulfonamides is 1. The Morgan fingerprint density at radius 3 is 2.40 bits per heavy atom. The molecule has 0 aliphatic carbocycles. The first kappa shape index (κ1) is 15.4. The van der Waals surface area contributed by atoms with Gasteiger partial charge in [-0.3, -0.25) is 4.72 Å². The van der Waals surface area contributed by atoms with Gasteiger partial charge in [0.05, 0.1) is 5.69 Å². The summed E-state index contributed by atoms with van der Waals surface area (Å²) in [5.74, 6) is 0. The van der Waals surface area contributed by atoms with Crippen molar-refractivity contribution in [3.63, 3.8) is 0 Å². The minimum Gasteiger partial charge on any atom is -0.280 e. The summed E-state index contributed by atoms with van der Waals surface area (Å²) in [4.78, 5) is 0.194. The fourth-order valence-corrected chi connectivity index (χ4v) is 4.11. The van der Waals surface area contributed by atoms with Crippen molar-refractivity contribution in [2.24, 2.45) is 0 Å². The van der Waals surface area contributed by atoms with Crippen LogP contribution in [-0.4, -0.2) is 8.42 Å². The molecule has 0 bridgehead atoms. The summed E-state index contributed by atoms with van der Waals surface area (Å²) >= 11 is 9.27. The molecule has 0 fully saturated rings. The van der Waals surface area contributed by atoms with E-state index in [1.807, 2.05) is 13.8 Å². The van der Waals surface area contributed by atoms with Crippen LogP contribution in [0.5, 0.6) is 0 Å². The van der Waals surface area contributed by atoms with Gasteiger partial charge in [-0.15, -0.1) is 0 Å². The predicted octanol–water partition coefficient (Wildman–Crippen LogP) is 4.52. The van der Waals surface area contributed by atoms with Crippen molar-refractivity contribution >= 4 is 43.2 Å². The smallest absolute Gasteiger partial charge is 0.263 e. The average Bonchev–Trinajstić information content (AvgIpc) is 2.33. The van der Waals surface area contributed by atoms with Crippen molar-refractivity contribution in [2.75, 3.05) is 4.72 Å². The minimum atomic E-state index is -3.65. The Bertz CT molecular complexity index is 760. The van der Waals surface area contributed by atoms with Crippen molar-refractivity contribution < 1.29 is 8.42 Å². The first-order valence-electron chi connectivity index (χ1n) is 5.85. The van der Waals surface area contributed by atoms with Crippen molar-refractivity contribution in [1.82, 2.24) is 0 Å². The minimum absolute atomic E-state index is 0.194. The molecular weight excluding hydrogens is 362 g/mol. The molecule has 2 rings (SSSR count). The third-order valence-electron chi connectivity index (χ3n) is 2.80. The highest BCUT2D eigenvalue weighted by Gasteiger charge is 2.17. The number of nitrogens with one attached hydrogen (secondary N) is 1. The topological polar surface area (TPSA) is 46.2 Å². The van der Waals surface area contributed by atoms with E-state index in [9.17, 15) is 8.42 Å². The average molecular weight is 375 g/mol. The highest BCUT2D eigenvalue weighted by molar-refractivity contribution is 9.10. The lowest BCUT2D eigenvalue weighted by Crippen LogP contribution is -2.13. The Balaban J connectivity index is 2.38. The second kappa shape index (κ2) is 5.76. The first-order chi connectivity index (χ1) is 9.29. The lowest BCUT2D eigenvalue weighted by atomic mass is 10.2. The van der Waals surface area contributed by atoms with Crippen molar-refractivity contribution in [1.29, 1.82) is 0 Å². The molecule has 2 aromatic carbocycles. The highest BCUT2D eigenvalue weighted by atomic mass is 79.9. The van der Waals surface area contributed by atoms with Crippen LogP contribution in [0, 0.1) is 13.8 Å². The number of hydrogen-bond acceptors (Lipinski definition) is 2. The van der Waals surface area contributed by atoms with Crippen LogP contribution in [-0.2, 0) is 10.0 Å². The molecule has 0 saturated carbocycles. The molecule has 106 valence electrons. The number of anilines is 1. The maximum Gasteiger partial charge on any atom is 0.263 e. The molecule has 2 aromatic rings. The van der Waals surface area contributed by atoms with Gasteiger partial charge in [0.15, 0.2) is 0 Å². The van der Waals surface area contributed by atoms with Crippen LogP contribution in [0.1, 0.15) is 11.1 Å². The molecule has 3 nitrogen and oxygen atoms in total. The normalized spacial score (nSPS) is 11.4. The van der Waals surface area contributed by atoms with Crippen molar-refractivity contribution in [2.45, 2.75) is 18.7 Å². The second-order valence-electron chi connectivity index (χ2n) is 4.50. The number of halogens is 2. The lowest BCUT2D eigenvalue weighted by Gasteiger charge is -2.11. The monoisotopic (exact) mass is 373 g/mol. The summed E-state index contributed by atoms with van der Waals surface area (Å²) in [6, 6.07) is 10.1. The van der Waals surface area contributed by atoms with E-state index in [2.05, 4.69) is 20.7 Å². The maximum atomic E-state index is 12.3. The second-order valence-corrected chi connectivity index (χ2v) is 7.42. The van der Waals surface area contributed by atoms with Gasteiger partial charge in [-0.1, -0.05) is 23.7 Å². The van der Waals surface area contributed by atoms with Crippen molar-refractivity contribution in [3.05, 3.63) is 57.0 Å². The predicted molar refractivity (Wildman–Crippen MR) is 85.9 cm³/mol. The summed E-state index contributed by atoms with van der Waals surface area (Å²) in [5, 5.41) is 0.521. The van der Waals surface area contributed by atoms with E-state index >= 15 is 0 Å². The molecule has 6 heteroatoms. The fraction of sp³-hybridized carbons (Fsp3) is 0.143. The molecule has 0 aliphatic heterocycles. The number of rotatable bonds is 3. The van der Waals surface area contributed by atoms with Gasteiger partial charge in [-0.25, -0.2) is 8.42 Å². The van der Waals surface area contributed by atoms with Gasteiger partial charge >= 0.3 is 0 Å². The fourth-order valence-electron chi connectivity index (χ4n) is 1.69. The van der Waals surface area contributed by atoms with E-state index in [0.29, 0.717) is 15.2 Å². The standard InChI is InChI=1S/C14H13BrClNO2S/c1-9-3-6-14(12(15)7-9)20(18,19)17-11-5-4-10(2)13(16)8-11/h3-8,17H,1-2H3. The molecule has 0 unspecified atom stereocenters. The van der Waals surface area contributed by atoms with Gasteiger partial charge in [0.25, 0.3) is 10.0 Å². The largest absolute Gasteiger partial charge is 0.280 e. The Morgan fingerprint density at radius 2 is 1.80 bits per heavy atom. The van der Waals surface area contributed by atoms with Gasteiger partial charge in [0, 0.05) is 9.50 Å². The summed E-state index contributed by atoms with van der Waals surface area (Å²) in [6.45, 7) is 3.76. The lowest BCUT2D eigenvalue weighted by molar-refractivity contribution is 0.600. The summed E-state index contributed by atoms with van der Waals surface area (Å²) < 4.78 is 27.7. The van der Waals surface area contributed by atoms with Crippen LogP contribution in [0.2, 0.25) is 5.02 Å². The molecule has 0 aliphatic rings. The van der Waals surface area contributed by atoms with Gasteiger partial charge in [0.1, 0.15) is 4.90 Å². The quantitative estimate of drug-likeness (QED) is 0.858.